The topological polar surface area (TPSA) is 32.3 Å². The molecular weight excluding hydrogens is 305 g/mol. The van der Waals surface area contributed by atoms with Gasteiger partial charge in [0.05, 0.1) is 5.56 Å². The van der Waals surface area contributed by atoms with Crippen LogP contribution in [0.1, 0.15) is 28.8 Å². The lowest BCUT2D eigenvalue weighted by Gasteiger charge is -2.31. The fraction of sp³-hybridized carbons (Fsp3) is 0.500. The summed E-state index contributed by atoms with van der Waals surface area (Å²) in [5.74, 6) is -0.358. The molecule has 0 aromatic heterocycles. The zero-order chi connectivity index (χ0) is 14.8. The van der Waals surface area contributed by atoms with Crippen molar-refractivity contribution in [2.24, 2.45) is 0 Å². The minimum atomic E-state index is -4.43. The van der Waals surface area contributed by atoms with E-state index in [1.54, 1.807) is 11.9 Å². The van der Waals surface area contributed by atoms with Gasteiger partial charge in [-0.1, -0.05) is 6.07 Å². The fourth-order valence-corrected chi connectivity index (χ4v) is 2.39. The van der Waals surface area contributed by atoms with Crippen LogP contribution in [0, 0.1) is 0 Å². The van der Waals surface area contributed by atoms with Crippen LogP contribution in [0.15, 0.2) is 24.3 Å². The van der Waals surface area contributed by atoms with E-state index in [2.05, 4.69) is 5.32 Å². The number of carbonyl (C=O) groups excluding carboxylic acids is 1. The molecule has 0 aliphatic carbocycles. The number of nitrogens with zero attached hydrogens (tertiary/aromatic N) is 1. The summed E-state index contributed by atoms with van der Waals surface area (Å²) in [6.45, 7) is 1.65. The number of hydrogen-bond acceptors (Lipinski definition) is 2. The van der Waals surface area contributed by atoms with Crippen LogP contribution in [0.25, 0.3) is 0 Å². The summed E-state index contributed by atoms with van der Waals surface area (Å²) in [4.78, 5) is 13.8. The van der Waals surface area contributed by atoms with Gasteiger partial charge in [0.15, 0.2) is 0 Å². The average Bonchev–Trinajstić information content (AvgIpc) is 2.46. The van der Waals surface area contributed by atoms with Gasteiger partial charge in [0.25, 0.3) is 5.91 Å². The number of alkyl halides is 3. The summed E-state index contributed by atoms with van der Waals surface area (Å²) in [6, 6.07) is 4.67. The Kier molecular flexibility index (Phi) is 6.04. The predicted octanol–water partition coefficient (Wildman–Crippen LogP) is 2.95. The van der Waals surface area contributed by atoms with Crippen molar-refractivity contribution in [2.45, 2.75) is 25.1 Å². The van der Waals surface area contributed by atoms with Gasteiger partial charge in [-0.25, -0.2) is 0 Å². The highest BCUT2D eigenvalue weighted by Crippen LogP contribution is 2.29. The molecule has 7 heteroatoms. The van der Waals surface area contributed by atoms with Crippen LogP contribution in [0.5, 0.6) is 0 Å². The van der Waals surface area contributed by atoms with E-state index < -0.39 is 11.7 Å². The van der Waals surface area contributed by atoms with Crippen molar-refractivity contribution >= 4 is 18.3 Å². The number of halogens is 4. The molecule has 1 N–H and O–H groups in total. The summed E-state index contributed by atoms with van der Waals surface area (Å²) in [5.41, 5.74) is -0.706. The molecular formula is C14H18ClF3N2O. The van der Waals surface area contributed by atoms with Crippen molar-refractivity contribution in [3.8, 4) is 0 Å². The van der Waals surface area contributed by atoms with Crippen LogP contribution in [0.4, 0.5) is 13.2 Å². The standard InChI is InChI=1S/C14H17F3N2O.ClH/c1-19(12-5-7-18-8-6-12)13(20)10-3-2-4-11(9-10)14(15,16)17;/h2-4,9,12,18H,5-8H2,1H3;1H. The highest BCUT2D eigenvalue weighted by atomic mass is 35.5. The molecule has 0 atom stereocenters. The number of amides is 1. The molecule has 3 nitrogen and oxygen atoms in total. The molecule has 0 unspecified atom stereocenters. The Hall–Kier alpha value is -1.27. The number of rotatable bonds is 2. The van der Waals surface area contributed by atoms with Crippen LogP contribution in [0.2, 0.25) is 0 Å². The van der Waals surface area contributed by atoms with E-state index in [0.717, 1.165) is 38.1 Å². The molecule has 1 aliphatic heterocycles. The lowest BCUT2D eigenvalue weighted by molar-refractivity contribution is -0.137. The molecule has 1 saturated heterocycles. The predicted molar refractivity (Wildman–Crippen MR) is 76.7 cm³/mol. The van der Waals surface area contributed by atoms with E-state index in [-0.39, 0.29) is 29.9 Å². The van der Waals surface area contributed by atoms with Crippen LogP contribution in [-0.2, 0) is 6.18 Å². The minimum Gasteiger partial charge on any atom is -0.339 e. The molecule has 0 bridgehead atoms. The lowest BCUT2D eigenvalue weighted by atomic mass is 10.0. The first-order valence-electron chi connectivity index (χ1n) is 6.55. The molecule has 1 aliphatic rings. The van der Waals surface area contributed by atoms with Gasteiger partial charge in [0, 0.05) is 18.7 Å². The second-order valence-electron chi connectivity index (χ2n) is 4.98. The first-order chi connectivity index (χ1) is 9.39. The van der Waals surface area contributed by atoms with Gasteiger partial charge < -0.3 is 10.2 Å². The maximum Gasteiger partial charge on any atom is 0.416 e. The van der Waals surface area contributed by atoms with Crippen molar-refractivity contribution in [2.75, 3.05) is 20.1 Å². The Balaban J connectivity index is 0.00000220. The van der Waals surface area contributed by atoms with Crippen molar-refractivity contribution in [1.82, 2.24) is 10.2 Å². The fourth-order valence-electron chi connectivity index (χ4n) is 2.39. The summed E-state index contributed by atoms with van der Waals surface area (Å²) < 4.78 is 38.0. The molecule has 0 spiro atoms. The maximum absolute atomic E-state index is 12.7. The second-order valence-corrected chi connectivity index (χ2v) is 4.98. The van der Waals surface area contributed by atoms with Crippen molar-refractivity contribution in [3.05, 3.63) is 35.4 Å². The van der Waals surface area contributed by atoms with Gasteiger partial charge in [-0.15, -0.1) is 12.4 Å². The van der Waals surface area contributed by atoms with Gasteiger partial charge in [-0.2, -0.15) is 13.2 Å². The second kappa shape index (κ2) is 7.13. The Morgan fingerprint density at radius 1 is 1.29 bits per heavy atom. The van der Waals surface area contributed by atoms with Crippen molar-refractivity contribution in [1.29, 1.82) is 0 Å². The number of carbonyl (C=O) groups is 1. The summed E-state index contributed by atoms with van der Waals surface area (Å²) >= 11 is 0. The highest BCUT2D eigenvalue weighted by Gasteiger charge is 2.31. The molecule has 0 saturated carbocycles. The molecule has 1 amide bonds. The molecule has 1 heterocycles. The number of benzene rings is 1. The Morgan fingerprint density at radius 3 is 2.48 bits per heavy atom. The third kappa shape index (κ3) is 4.35. The average molecular weight is 323 g/mol. The van der Waals surface area contributed by atoms with Gasteiger partial charge in [-0.05, 0) is 44.1 Å². The Morgan fingerprint density at radius 2 is 1.90 bits per heavy atom. The van der Waals surface area contributed by atoms with E-state index in [1.165, 1.54) is 12.1 Å². The third-order valence-electron chi connectivity index (χ3n) is 3.61. The number of nitrogens with one attached hydrogen (secondary N) is 1. The van der Waals surface area contributed by atoms with Crippen LogP contribution >= 0.6 is 12.4 Å². The number of hydrogen-bond donors (Lipinski definition) is 1. The quantitative estimate of drug-likeness (QED) is 0.908. The summed E-state index contributed by atoms with van der Waals surface area (Å²) in [7, 11) is 1.65. The molecule has 0 radical (unpaired) electrons. The van der Waals surface area contributed by atoms with Crippen molar-refractivity contribution in [3.63, 3.8) is 0 Å². The largest absolute Gasteiger partial charge is 0.416 e. The summed E-state index contributed by atoms with van der Waals surface area (Å²) in [6.07, 6.45) is -2.79. The molecule has 21 heavy (non-hydrogen) atoms. The van der Waals surface area contributed by atoms with Crippen LogP contribution in [0.3, 0.4) is 0 Å². The van der Waals surface area contributed by atoms with E-state index in [4.69, 9.17) is 0 Å². The SMILES string of the molecule is CN(C(=O)c1cccc(C(F)(F)F)c1)C1CCNCC1.Cl. The van der Waals surface area contributed by atoms with Gasteiger partial charge in [0.2, 0.25) is 0 Å². The zero-order valence-corrected chi connectivity index (χ0v) is 12.4. The Labute approximate surface area is 127 Å². The maximum atomic E-state index is 12.7. The number of piperidine rings is 1. The van der Waals surface area contributed by atoms with Gasteiger partial charge in [-0.3, -0.25) is 4.79 Å². The van der Waals surface area contributed by atoms with E-state index in [0.29, 0.717) is 0 Å². The highest BCUT2D eigenvalue weighted by molar-refractivity contribution is 5.94. The van der Waals surface area contributed by atoms with Gasteiger partial charge in [0.1, 0.15) is 0 Å². The normalized spacial score (nSPS) is 16.2. The van der Waals surface area contributed by atoms with Crippen LogP contribution < -0.4 is 5.32 Å². The minimum absolute atomic E-state index is 0. The monoisotopic (exact) mass is 322 g/mol. The van der Waals surface area contributed by atoms with E-state index >= 15 is 0 Å². The molecule has 118 valence electrons. The third-order valence-corrected chi connectivity index (χ3v) is 3.61. The van der Waals surface area contributed by atoms with Gasteiger partial charge >= 0.3 is 6.18 Å². The summed E-state index contributed by atoms with van der Waals surface area (Å²) in [5, 5.41) is 3.19. The molecule has 1 fully saturated rings. The molecule has 2 rings (SSSR count). The van der Waals surface area contributed by atoms with Crippen LogP contribution in [-0.4, -0.2) is 37.0 Å². The Bertz CT molecular complexity index is 487. The smallest absolute Gasteiger partial charge is 0.339 e. The lowest BCUT2D eigenvalue weighted by Crippen LogP contribution is -2.44. The van der Waals surface area contributed by atoms with E-state index in [9.17, 15) is 18.0 Å². The van der Waals surface area contributed by atoms with E-state index in [1.807, 2.05) is 0 Å². The first kappa shape index (κ1) is 17.8. The molecule has 1 aromatic rings. The zero-order valence-electron chi connectivity index (χ0n) is 11.6. The van der Waals surface area contributed by atoms with Crippen molar-refractivity contribution < 1.29 is 18.0 Å². The first-order valence-corrected chi connectivity index (χ1v) is 6.55. The molecule has 1 aromatic carbocycles.